The van der Waals surface area contributed by atoms with Crippen molar-refractivity contribution in [3.05, 3.63) is 94.4 Å². The molecule has 0 N–H and O–H groups in total. The summed E-state index contributed by atoms with van der Waals surface area (Å²) in [5, 5.41) is 0.652. The fraction of sp³-hybridized carbons (Fsp3) is 0.150. The lowest BCUT2D eigenvalue weighted by atomic mass is 10.1. The van der Waals surface area contributed by atoms with Gasteiger partial charge in [-0.2, -0.15) is 0 Å². The quantitative estimate of drug-likeness (QED) is 0.649. The van der Waals surface area contributed by atoms with Crippen LogP contribution in [0.2, 0.25) is 5.02 Å². The third kappa shape index (κ3) is 3.87. The molecule has 24 heavy (non-hydrogen) atoms. The zero-order valence-corrected chi connectivity index (χ0v) is 14.2. The molecule has 0 atom stereocenters. The summed E-state index contributed by atoms with van der Waals surface area (Å²) in [6, 6.07) is 18.8. The second-order valence-corrected chi connectivity index (χ2v) is 6.11. The fourth-order valence-electron chi connectivity index (χ4n) is 2.50. The first-order valence-corrected chi connectivity index (χ1v) is 8.13. The molecule has 1 heterocycles. The minimum atomic E-state index is -0.0497. The summed E-state index contributed by atoms with van der Waals surface area (Å²) in [6.07, 6.45) is 1.61. The third-order valence-corrected chi connectivity index (χ3v) is 4.20. The highest BCUT2D eigenvalue weighted by Gasteiger charge is 2.18. The van der Waals surface area contributed by atoms with Crippen LogP contribution in [0.3, 0.4) is 0 Å². The lowest BCUT2D eigenvalue weighted by molar-refractivity contribution is 0.0718. The van der Waals surface area contributed by atoms with Gasteiger partial charge in [0.2, 0.25) is 0 Å². The van der Waals surface area contributed by atoms with E-state index in [1.54, 1.807) is 11.2 Å². The van der Waals surface area contributed by atoms with Crippen LogP contribution in [0.4, 0.5) is 0 Å². The average molecular weight is 340 g/mol. The number of hydrogen-bond donors (Lipinski definition) is 0. The molecule has 0 spiro atoms. The van der Waals surface area contributed by atoms with Gasteiger partial charge in [0.15, 0.2) is 0 Å². The van der Waals surface area contributed by atoms with Gasteiger partial charge in [0, 0.05) is 17.1 Å². The van der Waals surface area contributed by atoms with Crippen molar-refractivity contribution in [3.8, 4) is 0 Å². The molecule has 0 fully saturated rings. The van der Waals surface area contributed by atoms with Gasteiger partial charge in [0.1, 0.15) is 5.76 Å². The molecule has 0 aliphatic carbocycles. The van der Waals surface area contributed by atoms with E-state index >= 15 is 0 Å². The first-order chi connectivity index (χ1) is 11.6. The maximum atomic E-state index is 12.9. The van der Waals surface area contributed by atoms with Gasteiger partial charge >= 0.3 is 0 Å². The molecule has 0 aliphatic rings. The predicted molar refractivity (Wildman–Crippen MR) is 94.9 cm³/mol. The number of benzene rings is 2. The van der Waals surface area contributed by atoms with E-state index in [1.807, 2.05) is 67.6 Å². The van der Waals surface area contributed by atoms with Crippen molar-refractivity contribution in [2.75, 3.05) is 0 Å². The van der Waals surface area contributed by atoms with Crippen LogP contribution < -0.4 is 0 Å². The van der Waals surface area contributed by atoms with Crippen LogP contribution in [0.15, 0.2) is 71.3 Å². The number of aryl methyl sites for hydroxylation is 1. The van der Waals surface area contributed by atoms with Gasteiger partial charge in [-0.15, -0.1) is 0 Å². The lowest BCUT2D eigenvalue weighted by Crippen LogP contribution is -2.30. The van der Waals surface area contributed by atoms with Crippen LogP contribution in [-0.4, -0.2) is 10.8 Å². The van der Waals surface area contributed by atoms with Crippen LogP contribution in [0.25, 0.3) is 0 Å². The first-order valence-electron chi connectivity index (χ1n) is 7.75. The molecule has 0 bridgehead atoms. The van der Waals surface area contributed by atoms with E-state index < -0.39 is 0 Å². The Hall–Kier alpha value is -2.52. The Morgan fingerprint density at radius 2 is 1.75 bits per heavy atom. The van der Waals surface area contributed by atoms with Crippen LogP contribution in [0, 0.1) is 6.92 Å². The summed E-state index contributed by atoms with van der Waals surface area (Å²) in [4.78, 5) is 14.7. The lowest BCUT2D eigenvalue weighted by Gasteiger charge is -2.22. The van der Waals surface area contributed by atoms with Crippen molar-refractivity contribution in [2.45, 2.75) is 20.0 Å². The predicted octanol–water partition coefficient (Wildman–Crippen LogP) is 5.08. The van der Waals surface area contributed by atoms with Crippen LogP contribution in [0.1, 0.15) is 27.2 Å². The van der Waals surface area contributed by atoms with Crippen molar-refractivity contribution in [3.63, 3.8) is 0 Å². The average Bonchev–Trinajstić information content (AvgIpc) is 3.09. The summed E-state index contributed by atoms with van der Waals surface area (Å²) in [6.45, 7) is 2.82. The molecule has 3 aromatic rings. The van der Waals surface area contributed by atoms with E-state index in [4.69, 9.17) is 16.0 Å². The summed E-state index contributed by atoms with van der Waals surface area (Å²) >= 11 is 6.26. The summed E-state index contributed by atoms with van der Waals surface area (Å²) in [5.41, 5.74) is 2.68. The van der Waals surface area contributed by atoms with Gasteiger partial charge in [-0.05, 0) is 42.8 Å². The number of amides is 1. The van der Waals surface area contributed by atoms with Crippen molar-refractivity contribution < 1.29 is 9.21 Å². The van der Waals surface area contributed by atoms with E-state index in [0.717, 1.165) is 16.9 Å². The van der Waals surface area contributed by atoms with E-state index in [-0.39, 0.29) is 5.91 Å². The zero-order valence-electron chi connectivity index (χ0n) is 13.4. The molecule has 3 nitrogen and oxygen atoms in total. The normalized spacial score (nSPS) is 10.6. The van der Waals surface area contributed by atoms with Crippen LogP contribution in [-0.2, 0) is 13.1 Å². The maximum absolute atomic E-state index is 12.9. The van der Waals surface area contributed by atoms with E-state index in [9.17, 15) is 4.79 Å². The molecule has 3 rings (SSSR count). The largest absolute Gasteiger partial charge is 0.467 e. The SMILES string of the molecule is Cc1ccc(C(=O)N(Cc2ccco2)Cc2ccccc2Cl)cc1. The topological polar surface area (TPSA) is 33.5 Å². The Bertz CT molecular complexity index is 810. The Kier molecular flexibility index (Phi) is 5.02. The molecule has 0 saturated carbocycles. The van der Waals surface area contributed by atoms with Crippen molar-refractivity contribution in [2.24, 2.45) is 0 Å². The number of carbonyl (C=O) groups is 1. The number of halogens is 1. The van der Waals surface area contributed by atoms with Gasteiger partial charge in [0.05, 0.1) is 12.8 Å². The van der Waals surface area contributed by atoms with Gasteiger partial charge in [0.25, 0.3) is 5.91 Å². The van der Waals surface area contributed by atoms with E-state index in [2.05, 4.69) is 0 Å². The number of furan rings is 1. The molecule has 0 saturated heterocycles. The second kappa shape index (κ2) is 7.37. The highest BCUT2D eigenvalue weighted by Crippen LogP contribution is 2.20. The Labute approximate surface area is 146 Å². The molecular weight excluding hydrogens is 322 g/mol. The second-order valence-electron chi connectivity index (χ2n) is 5.70. The molecule has 0 unspecified atom stereocenters. The van der Waals surface area contributed by atoms with Gasteiger partial charge in [-0.25, -0.2) is 0 Å². The van der Waals surface area contributed by atoms with Gasteiger partial charge in [-0.3, -0.25) is 4.79 Å². The third-order valence-electron chi connectivity index (χ3n) is 3.83. The van der Waals surface area contributed by atoms with Crippen molar-refractivity contribution in [1.29, 1.82) is 0 Å². The molecule has 2 aromatic carbocycles. The maximum Gasteiger partial charge on any atom is 0.254 e. The molecule has 1 amide bonds. The Morgan fingerprint density at radius 3 is 2.42 bits per heavy atom. The number of nitrogens with zero attached hydrogens (tertiary/aromatic N) is 1. The molecule has 122 valence electrons. The highest BCUT2D eigenvalue weighted by molar-refractivity contribution is 6.31. The van der Waals surface area contributed by atoms with Gasteiger partial charge in [-0.1, -0.05) is 47.5 Å². The number of hydrogen-bond acceptors (Lipinski definition) is 2. The Balaban J connectivity index is 1.87. The number of carbonyl (C=O) groups excluding carboxylic acids is 1. The van der Waals surface area contributed by atoms with Crippen LogP contribution in [0.5, 0.6) is 0 Å². The fourth-order valence-corrected chi connectivity index (χ4v) is 2.70. The highest BCUT2D eigenvalue weighted by atomic mass is 35.5. The first kappa shape index (κ1) is 16.3. The van der Waals surface area contributed by atoms with Gasteiger partial charge < -0.3 is 9.32 Å². The summed E-state index contributed by atoms with van der Waals surface area (Å²) in [7, 11) is 0. The molecule has 0 aliphatic heterocycles. The summed E-state index contributed by atoms with van der Waals surface area (Å²) in [5.74, 6) is 0.689. The van der Waals surface area contributed by atoms with Crippen LogP contribution >= 0.6 is 11.6 Å². The smallest absolute Gasteiger partial charge is 0.254 e. The number of rotatable bonds is 5. The monoisotopic (exact) mass is 339 g/mol. The summed E-state index contributed by atoms with van der Waals surface area (Å²) < 4.78 is 5.41. The van der Waals surface area contributed by atoms with Crippen molar-refractivity contribution >= 4 is 17.5 Å². The minimum Gasteiger partial charge on any atom is -0.467 e. The molecule has 4 heteroatoms. The minimum absolute atomic E-state index is 0.0497. The van der Waals surface area contributed by atoms with Crippen molar-refractivity contribution in [1.82, 2.24) is 4.90 Å². The molecular formula is C20H18ClNO2. The zero-order chi connectivity index (χ0) is 16.9. The van der Waals surface area contributed by atoms with E-state index in [1.165, 1.54) is 0 Å². The van der Waals surface area contributed by atoms with E-state index in [0.29, 0.717) is 23.7 Å². The molecule has 0 radical (unpaired) electrons. The Morgan fingerprint density at radius 1 is 1.00 bits per heavy atom. The standard InChI is InChI=1S/C20H18ClNO2/c1-15-8-10-16(11-9-15)20(23)22(14-18-6-4-12-24-18)13-17-5-2-3-7-19(17)21/h2-12H,13-14H2,1H3. The molecule has 1 aromatic heterocycles.